The van der Waals surface area contributed by atoms with Crippen molar-refractivity contribution in [2.75, 3.05) is 7.11 Å². The number of aromatic nitrogens is 2. The lowest BCUT2D eigenvalue weighted by atomic mass is 10.3. The van der Waals surface area contributed by atoms with Gasteiger partial charge in [0.25, 0.3) is 0 Å². The Morgan fingerprint density at radius 3 is 2.32 bits per heavy atom. The summed E-state index contributed by atoms with van der Waals surface area (Å²) in [6.07, 6.45) is 0. The van der Waals surface area contributed by atoms with E-state index in [2.05, 4.69) is 41.8 Å². The number of hydrogen-bond acceptors (Lipinski definition) is 4. The van der Waals surface area contributed by atoms with Crippen molar-refractivity contribution in [2.24, 2.45) is 0 Å². The van der Waals surface area contributed by atoms with Gasteiger partial charge in [0.15, 0.2) is 0 Å². The molecule has 0 bridgehead atoms. The monoisotopic (exact) mass is 406 g/mol. The molecule has 0 aliphatic carbocycles. The molecule has 1 aromatic carbocycles. The Labute approximate surface area is 132 Å². The Hall–Kier alpha value is -0.850. The van der Waals surface area contributed by atoms with Crippen LogP contribution in [0, 0.1) is 6.92 Å². The van der Waals surface area contributed by atoms with E-state index in [1.165, 1.54) is 0 Å². The Kier molecular flexibility index (Phi) is 4.65. The van der Waals surface area contributed by atoms with Gasteiger partial charge in [0.05, 0.1) is 16.1 Å². The van der Waals surface area contributed by atoms with Crippen molar-refractivity contribution < 1.29 is 9.47 Å². The van der Waals surface area contributed by atoms with E-state index in [1.54, 1.807) is 25.3 Å². The summed E-state index contributed by atoms with van der Waals surface area (Å²) in [5.74, 6) is 1.69. The van der Waals surface area contributed by atoms with Gasteiger partial charge in [-0.15, -0.1) is 0 Å². The summed E-state index contributed by atoms with van der Waals surface area (Å²) in [5, 5.41) is 0.152. The quantitative estimate of drug-likeness (QED) is 0.687. The number of halogens is 3. The number of aryl methyl sites for hydroxylation is 1. The standard InChI is InChI=1S/C12H9Br2ClN2O2/c1-6-3-11(17-12(15)16-6)19-10-5-7(13)9(18-2)4-8(10)14/h3-5H,1-2H3. The average molecular weight is 408 g/mol. The topological polar surface area (TPSA) is 44.2 Å². The maximum atomic E-state index is 5.79. The molecular weight excluding hydrogens is 399 g/mol. The van der Waals surface area contributed by atoms with Crippen LogP contribution in [0.2, 0.25) is 5.28 Å². The van der Waals surface area contributed by atoms with Crippen LogP contribution in [0.5, 0.6) is 17.4 Å². The molecule has 0 saturated heterocycles. The first kappa shape index (κ1) is 14.6. The summed E-state index contributed by atoms with van der Waals surface area (Å²) in [6, 6.07) is 5.29. The van der Waals surface area contributed by atoms with Crippen LogP contribution >= 0.6 is 43.5 Å². The van der Waals surface area contributed by atoms with E-state index >= 15 is 0 Å². The minimum atomic E-state index is 0.152. The molecule has 0 unspecified atom stereocenters. The van der Waals surface area contributed by atoms with Gasteiger partial charge >= 0.3 is 0 Å². The van der Waals surface area contributed by atoms with Crippen LogP contribution in [0.1, 0.15) is 5.69 Å². The first-order chi connectivity index (χ1) is 8.99. The zero-order valence-electron chi connectivity index (χ0n) is 10.1. The highest BCUT2D eigenvalue weighted by atomic mass is 79.9. The molecule has 1 aromatic heterocycles. The van der Waals surface area contributed by atoms with Crippen molar-refractivity contribution in [3.63, 3.8) is 0 Å². The SMILES string of the molecule is COc1cc(Br)c(Oc2cc(C)nc(Cl)n2)cc1Br. The van der Waals surface area contributed by atoms with Crippen LogP contribution < -0.4 is 9.47 Å². The number of hydrogen-bond donors (Lipinski definition) is 0. The van der Waals surface area contributed by atoms with Gasteiger partial charge in [0.1, 0.15) is 11.5 Å². The average Bonchev–Trinajstić information content (AvgIpc) is 2.32. The number of ether oxygens (including phenoxy) is 2. The molecule has 19 heavy (non-hydrogen) atoms. The normalized spacial score (nSPS) is 10.4. The van der Waals surface area contributed by atoms with Crippen LogP contribution in [0.3, 0.4) is 0 Å². The first-order valence-electron chi connectivity index (χ1n) is 5.21. The number of rotatable bonds is 3. The third-order valence-electron chi connectivity index (χ3n) is 2.22. The van der Waals surface area contributed by atoms with E-state index in [9.17, 15) is 0 Å². The highest BCUT2D eigenvalue weighted by Gasteiger charge is 2.10. The van der Waals surface area contributed by atoms with Crippen LogP contribution in [0.4, 0.5) is 0 Å². The van der Waals surface area contributed by atoms with E-state index in [4.69, 9.17) is 21.1 Å². The van der Waals surface area contributed by atoms with Gasteiger partial charge < -0.3 is 9.47 Å². The number of methoxy groups -OCH3 is 1. The fourth-order valence-corrected chi connectivity index (χ4v) is 2.52. The van der Waals surface area contributed by atoms with Crippen LogP contribution in [0.25, 0.3) is 0 Å². The van der Waals surface area contributed by atoms with E-state index in [0.717, 1.165) is 14.6 Å². The number of nitrogens with zero attached hydrogens (tertiary/aromatic N) is 2. The molecule has 4 nitrogen and oxygen atoms in total. The molecule has 2 rings (SSSR count). The predicted molar refractivity (Wildman–Crippen MR) is 80.2 cm³/mol. The minimum absolute atomic E-state index is 0.152. The van der Waals surface area contributed by atoms with Crippen molar-refractivity contribution in [2.45, 2.75) is 6.92 Å². The second-order valence-electron chi connectivity index (χ2n) is 3.64. The first-order valence-corrected chi connectivity index (χ1v) is 7.18. The summed E-state index contributed by atoms with van der Waals surface area (Å²) in [4.78, 5) is 7.98. The molecule has 1 heterocycles. The minimum Gasteiger partial charge on any atom is -0.496 e. The zero-order valence-corrected chi connectivity index (χ0v) is 14.0. The van der Waals surface area contributed by atoms with E-state index in [0.29, 0.717) is 17.4 Å². The third kappa shape index (κ3) is 3.58. The molecule has 0 N–H and O–H groups in total. The van der Waals surface area contributed by atoms with Crippen molar-refractivity contribution in [1.82, 2.24) is 9.97 Å². The van der Waals surface area contributed by atoms with Crippen molar-refractivity contribution in [3.8, 4) is 17.4 Å². The van der Waals surface area contributed by atoms with Gasteiger partial charge in [0, 0.05) is 11.8 Å². The molecule has 0 fully saturated rings. The lowest BCUT2D eigenvalue weighted by Crippen LogP contribution is -1.94. The lowest BCUT2D eigenvalue weighted by molar-refractivity contribution is 0.408. The van der Waals surface area contributed by atoms with Gasteiger partial charge in [0.2, 0.25) is 11.2 Å². The molecule has 0 saturated carbocycles. The maximum absolute atomic E-state index is 5.79. The summed E-state index contributed by atoms with van der Waals surface area (Å²) in [7, 11) is 1.60. The fourth-order valence-electron chi connectivity index (χ4n) is 1.41. The van der Waals surface area contributed by atoms with Gasteiger partial charge in [-0.3, -0.25) is 0 Å². The highest BCUT2D eigenvalue weighted by Crippen LogP contribution is 2.37. The zero-order chi connectivity index (χ0) is 14.0. The van der Waals surface area contributed by atoms with Crippen molar-refractivity contribution in [3.05, 3.63) is 38.1 Å². The lowest BCUT2D eigenvalue weighted by Gasteiger charge is -2.10. The van der Waals surface area contributed by atoms with Gasteiger partial charge in [-0.05, 0) is 62.5 Å². The molecule has 0 amide bonds. The van der Waals surface area contributed by atoms with E-state index in [1.807, 2.05) is 6.92 Å². The van der Waals surface area contributed by atoms with Crippen LogP contribution in [0.15, 0.2) is 27.1 Å². The Morgan fingerprint density at radius 2 is 1.68 bits per heavy atom. The van der Waals surface area contributed by atoms with Crippen LogP contribution in [-0.4, -0.2) is 17.1 Å². The Bertz CT molecular complexity index is 603. The highest BCUT2D eigenvalue weighted by molar-refractivity contribution is 9.11. The van der Waals surface area contributed by atoms with E-state index < -0.39 is 0 Å². The summed E-state index contributed by atoms with van der Waals surface area (Å²) in [6.45, 7) is 1.82. The van der Waals surface area contributed by atoms with Crippen molar-refractivity contribution >= 4 is 43.5 Å². The largest absolute Gasteiger partial charge is 0.496 e. The van der Waals surface area contributed by atoms with Crippen LogP contribution in [-0.2, 0) is 0 Å². The molecule has 0 aliphatic rings. The summed E-state index contributed by atoms with van der Waals surface area (Å²) >= 11 is 12.6. The molecule has 2 aromatic rings. The second kappa shape index (κ2) is 6.07. The molecule has 100 valence electrons. The molecule has 0 aliphatic heterocycles. The fraction of sp³-hybridized carbons (Fsp3) is 0.167. The molecule has 0 atom stereocenters. The summed E-state index contributed by atoms with van der Waals surface area (Å²) < 4.78 is 12.4. The van der Waals surface area contributed by atoms with Gasteiger partial charge in [-0.25, -0.2) is 4.98 Å². The third-order valence-corrected chi connectivity index (χ3v) is 3.63. The van der Waals surface area contributed by atoms with Gasteiger partial charge in [-0.2, -0.15) is 4.98 Å². The molecule has 7 heteroatoms. The molecule has 0 spiro atoms. The number of benzene rings is 1. The van der Waals surface area contributed by atoms with E-state index in [-0.39, 0.29) is 5.28 Å². The van der Waals surface area contributed by atoms with Crippen molar-refractivity contribution in [1.29, 1.82) is 0 Å². The summed E-state index contributed by atoms with van der Waals surface area (Å²) in [5.41, 5.74) is 0.735. The molecule has 0 radical (unpaired) electrons. The maximum Gasteiger partial charge on any atom is 0.225 e. The second-order valence-corrected chi connectivity index (χ2v) is 5.68. The van der Waals surface area contributed by atoms with Gasteiger partial charge in [-0.1, -0.05) is 0 Å². The smallest absolute Gasteiger partial charge is 0.225 e. The molecular formula is C12H9Br2ClN2O2. The Morgan fingerprint density at radius 1 is 1.05 bits per heavy atom. The predicted octanol–water partition coefficient (Wildman–Crippen LogP) is 4.76. The Balaban J connectivity index is 2.35.